The molecule has 0 bridgehead atoms. The third-order valence-electron chi connectivity index (χ3n) is 16.9. The van der Waals surface area contributed by atoms with Crippen LogP contribution in [0.5, 0.6) is 0 Å². The number of ether oxygens (including phenoxy) is 14. The SMILES string of the molecule is OCC1OC(O)C(O)C(OCc2ccccc2)C1OC1OC(COC2OC(COCc3ccccc3)C(OCc3ccccc3)C(OCc3ccccc3)C2O)C(O)C(OC2OC(COCc3ccccc3)[C@H](OCc3ccccc3)[C@@H](OCc3ccccc3)C2O)C1O. The fraction of sp³-hybridized carbons (Fsp3) is 0.425. The molecule has 4 heterocycles. The van der Waals surface area contributed by atoms with Gasteiger partial charge in [0.25, 0.3) is 0 Å². The van der Waals surface area contributed by atoms with Gasteiger partial charge in [-0.1, -0.05) is 212 Å². The Labute approximate surface area is 546 Å². The van der Waals surface area contributed by atoms with Crippen LogP contribution in [0.1, 0.15) is 38.9 Å². The quantitative estimate of drug-likeness (QED) is 0.0270. The fourth-order valence-electron chi connectivity index (χ4n) is 11.9. The van der Waals surface area contributed by atoms with E-state index < -0.39 is 136 Å². The summed E-state index contributed by atoms with van der Waals surface area (Å²) in [6.45, 7) is -0.916. The normalized spacial score (nSPS) is 31.2. The van der Waals surface area contributed by atoms with E-state index in [1.165, 1.54) is 0 Å². The molecule has 20 atom stereocenters. The summed E-state index contributed by atoms with van der Waals surface area (Å²) in [6.07, 6.45) is -29.6. The van der Waals surface area contributed by atoms with Crippen molar-refractivity contribution in [3.8, 4) is 0 Å². The zero-order valence-corrected chi connectivity index (χ0v) is 51.9. The third-order valence-corrected chi connectivity index (χ3v) is 16.9. The first-order valence-corrected chi connectivity index (χ1v) is 31.8. The van der Waals surface area contributed by atoms with E-state index in [4.69, 9.17) is 66.3 Å². The van der Waals surface area contributed by atoms with Crippen LogP contribution in [0.25, 0.3) is 0 Å². The summed E-state index contributed by atoms with van der Waals surface area (Å²) >= 11 is 0. The smallest absolute Gasteiger partial charge is 0.187 e. The van der Waals surface area contributed by atoms with Crippen LogP contribution in [0, 0.1) is 0 Å². The van der Waals surface area contributed by atoms with Crippen LogP contribution in [0.3, 0.4) is 0 Å². The Morgan fingerprint density at radius 3 is 0.926 bits per heavy atom. The van der Waals surface area contributed by atoms with Crippen LogP contribution in [0.15, 0.2) is 212 Å². The Morgan fingerprint density at radius 1 is 0.255 bits per heavy atom. The number of hydrogen-bond acceptors (Lipinski definition) is 21. The average molecular weight is 1300 g/mol. The Hall–Kier alpha value is -6.30. The molecule has 7 N–H and O–H groups in total. The molecule has 4 saturated heterocycles. The highest BCUT2D eigenvalue weighted by atomic mass is 16.8. The van der Waals surface area contributed by atoms with Crippen molar-refractivity contribution in [2.45, 2.75) is 169 Å². The molecule has 7 aromatic carbocycles. The number of benzene rings is 7. The molecule has 4 aliphatic rings. The van der Waals surface area contributed by atoms with E-state index in [-0.39, 0.29) is 59.5 Å². The summed E-state index contributed by atoms with van der Waals surface area (Å²) in [4.78, 5) is 0. The van der Waals surface area contributed by atoms with Gasteiger partial charge in [0.15, 0.2) is 25.2 Å². The summed E-state index contributed by atoms with van der Waals surface area (Å²) in [5, 5.41) is 84.0. The van der Waals surface area contributed by atoms with Crippen LogP contribution < -0.4 is 0 Å². The molecule has 0 aromatic heterocycles. The first-order chi connectivity index (χ1) is 46.1. The lowest BCUT2D eigenvalue weighted by Gasteiger charge is -2.49. The molecule has 94 heavy (non-hydrogen) atoms. The fourth-order valence-corrected chi connectivity index (χ4v) is 11.9. The van der Waals surface area contributed by atoms with Crippen molar-refractivity contribution in [3.05, 3.63) is 251 Å². The van der Waals surface area contributed by atoms with E-state index in [9.17, 15) is 35.7 Å². The van der Waals surface area contributed by atoms with Gasteiger partial charge in [-0.15, -0.1) is 0 Å². The molecule has 0 aliphatic carbocycles. The molecule has 7 aromatic rings. The zero-order valence-electron chi connectivity index (χ0n) is 51.9. The lowest BCUT2D eigenvalue weighted by atomic mass is 9.95. The molecule has 502 valence electrons. The first kappa shape index (κ1) is 69.1. The number of aliphatic hydroxyl groups is 7. The maximum Gasteiger partial charge on any atom is 0.187 e. The van der Waals surface area contributed by atoms with Gasteiger partial charge in [-0.05, 0) is 38.9 Å². The average Bonchev–Trinajstić information content (AvgIpc) is 0.818. The van der Waals surface area contributed by atoms with Crippen molar-refractivity contribution < 1.29 is 102 Å². The van der Waals surface area contributed by atoms with Crippen LogP contribution in [-0.4, -0.2) is 185 Å². The van der Waals surface area contributed by atoms with E-state index in [1.807, 2.05) is 188 Å². The second-order valence-electron chi connectivity index (χ2n) is 23.7. The van der Waals surface area contributed by atoms with Gasteiger partial charge < -0.3 is 102 Å². The Kier molecular flexibility index (Phi) is 25.8. The Morgan fingerprint density at radius 2 is 0.553 bits per heavy atom. The highest BCUT2D eigenvalue weighted by Gasteiger charge is 2.56. The van der Waals surface area contributed by atoms with Gasteiger partial charge in [0, 0.05) is 0 Å². The largest absolute Gasteiger partial charge is 0.394 e. The Bertz CT molecular complexity index is 3230. The highest BCUT2D eigenvalue weighted by Crippen LogP contribution is 2.37. The Balaban J connectivity index is 0.905. The summed E-state index contributed by atoms with van der Waals surface area (Å²) in [6, 6.07) is 65.9. The third kappa shape index (κ3) is 18.6. The zero-order chi connectivity index (χ0) is 65.0. The molecule has 0 radical (unpaired) electrons. The van der Waals surface area contributed by atoms with Crippen LogP contribution >= 0.6 is 0 Å². The minimum absolute atomic E-state index is 0.0204. The van der Waals surface area contributed by atoms with E-state index in [1.54, 1.807) is 24.3 Å². The van der Waals surface area contributed by atoms with Crippen molar-refractivity contribution in [2.24, 2.45) is 0 Å². The molecule has 0 saturated carbocycles. The van der Waals surface area contributed by atoms with E-state index in [2.05, 4.69) is 0 Å². The topological polar surface area (TPSA) is 271 Å². The molecule has 4 aliphatic heterocycles. The highest BCUT2D eigenvalue weighted by molar-refractivity contribution is 5.19. The molecule has 0 spiro atoms. The van der Waals surface area contributed by atoms with Crippen LogP contribution in [0.2, 0.25) is 0 Å². The number of rotatable bonds is 31. The molecule has 11 rings (SSSR count). The predicted octanol–water partition coefficient (Wildman–Crippen LogP) is 5.82. The van der Waals surface area contributed by atoms with E-state index in [0.717, 1.165) is 33.4 Å². The molecule has 21 heteroatoms. The lowest BCUT2D eigenvalue weighted by molar-refractivity contribution is -0.388. The lowest BCUT2D eigenvalue weighted by Crippen LogP contribution is -2.67. The maximum atomic E-state index is 12.8. The van der Waals surface area contributed by atoms with Crippen molar-refractivity contribution in [2.75, 3.05) is 26.4 Å². The minimum Gasteiger partial charge on any atom is -0.394 e. The standard InChI is InChI=1S/C73H84O21/c74-36-54-65(67(59(76)70(80)89-54)85-41-51-30-16-5-17-31-51)93-72-60(77)66(94-73-62(79)69(87-43-53-34-20-7-21-35-53)64(84-40-50-28-14-4-15-29-50)57(92-73)45-82-38-48-24-10-2-11-25-48)58(75)55(90-72)46-88-71-61(78)68(86-42-52-32-18-6-19-33-52)63(83-39-49-26-12-3-13-27-49)56(91-71)44-81-37-47-22-8-1-9-23-47/h1-35,54-80H,36-46H2/t54?,55?,56?,57?,58?,59?,60?,61?,62?,63?,64-,65?,66?,67?,68?,69-,70?,71?,72?,73?/m0/s1. The summed E-state index contributed by atoms with van der Waals surface area (Å²) in [7, 11) is 0. The van der Waals surface area contributed by atoms with Crippen LogP contribution in [0.4, 0.5) is 0 Å². The molecule has 4 fully saturated rings. The van der Waals surface area contributed by atoms with Gasteiger partial charge in [0.1, 0.15) is 97.7 Å². The van der Waals surface area contributed by atoms with Gasteiger partial charge >= 0.3 is 0 Å². The van der Waals surface area contributed by atoms with Crippen molar-refractivity contribution in [1.29, 1.82) is 0 Å². The van der Waals surface area contributed by atoms with Crippen molar-refractivity contribution >= 4 is 0 Å². The summed E-state index contributed by atoms with van der Waals surface area (Å²) in [5.41, 5.74) is 5.77. The van der Waals surface area contributed by atoms with Gasteiger partial charge in [-0.25, -0.2) is 0 Å². The van der Waals surface area contributed by atoms with Gasteiger partial charge in [0.2, 0.25) is 0 Å². The van der Waals surface area contributed by atoms with E-state index >= 15 is 0 Å². The monoisotopic (exact) mass is 1300 g/mol. The van der Waals surface area contributed by atoms with Gasteiger partial charge in [-0.2, -0.15) is 0 Å². The van der Waals surface area contributed by atoms with Gasteiger partial charge in [-0.3, -0.25) is 0 Å². The summed E-state index contributed by atoms with van der Waals surface area (Å²) < 4.78 is 90.7. The second-order valence-corrected chi connectivity index (χ2v) is 23.7. The molecule has 18 unspecified atom stereocenters. The van der Waals surface area contributed by atoms with E-state index in [0.29, 0.717) is 5.56 Å². The predicted molar refractivity (Wildman–Crippen MR) is 337 cm³/mol. The molecule has 21 nitrogen and oxygen atoms in total. The molecule has 0 amide bonds. The van der Waals surface area contributed by atoms with Crippen molar-refractivity contribution in [3.63, 3.8) is 0 Å². The first-order valence-electron chi connectivity index (χ1n) is 31.8. The second kappa shape index (κ2) is 35.1. The number of aliphatic hydroxyl groups excluding tert-OH is 7. The van der Waals surface area contributed by atoms with Gasteiger partial charge in [0.05, 0.1) is 72.7 Å². The molecular weight excluding hydrogens is 1210 g/mol. The maximum absolute atomic E-state index is 12.8. The summed E-state index contributed by atoms with van der Waals surface area (Å²) in [5.74, 6) is 0. The minimum atomic E-state index is -1.98. The number of hydrogen-bond donors (Lipinski definition) is 7. The van der Waals surface area contributed by atoms with Crippen LogP contribution in [-0.2, 0) is 113 Å². The molecular formula is C73H84O21. The van der Waals surface area contributed by atoms with Crippen molar-refractivity contribution in [1.82, 2.24) is 0 Å².